The maximum atomic E-state index is 12.3. The number of pyridine rings is 1. The van der Waals surface area contributed by atoms with Crippen molar-refractivity contribution in [3.8, 4) is 0 Å². The van der Waals surface area contributed by atoms with E-state index in [9.17, 15) is 4.79 Å². The number of amides is 1. The second-order valence-corrected chi connectivity index (χ2v) is 4.37. The van der Waals surface area contributed by atoms with E-state index in [4.69, 9.17) is 0 Å². The van der Waals surface area contributed by atoms with E-state index in [0.29, 0.717) is 0 Å². The molecule has 0 aliphatic carbocycles. The summed E-state index contributed by atoms with van der Waals surface area (Å²) in [5.41, 5.74) is 1.72. The minimum Gasteiger partial charge on any atom is -0.281 e. The van der Waals surface area contributed by atoms with Crippen LogP contribution in [-0.4, -0.2) is 10.9 Å². The Bertz CT molecular complexity index is 469. The quantitative estimate of drug-likeness (QED) is 0.823. The highest BCUT2D eigenvalue weighted by molar-refractivity contribution is 6.01. The highest BCUT2D eigenvalue weighted by Gasteiger charge is 2.20. The maximum Gasteiger partial charge on any atom is 0.234 e. The lowest BCUT2D eigenvalue weighted by Crippen LogP contribution is -2.29. The minimum absolute atomic E-state index is 0.0571. The molecule has 0 saturated heterocycles. The van der Waals surface area contributed by atoms with Crippen molar-refractivity contribution in [1.29, 1.82) is 0 Å². The van der Waals surface area contributed by atoms with Crippen molar-refractivity contribution in [3.63, 3.8) is 0 Å². The summed E-state index contributed by atoms with van der Waals surface area (Å²) in [6.45, 7) is 3.80. The average molecular weight is 240 g/mol. The predicted molar refractivity (Wildman–Crippen MR) is 72.7 cm³/mol. The van der Waals surface area contributed by atoms with Gasteiger partial charge in [-0.3, -0.25) is 14.7 Å². The van der Waals surface area contributed by atoms with Crippen molar-refractivity contribution in [2.45, 2.75) is 13.8 Å². The van der Waals surface area contributed by atoms with E-state index in [-0.39, 0.29) is 11.8 Å². The van der Waals surface area contributed by atoms with Crippen LogP contribution in [0.25, 0.3) is 0 Å². The van der Waals surface area contributed by atoms with Gasteiger partial charge in [-0.15, -0.1) is 0 Å². The van der Waals surface area contributed by atoms with Gasteiger partial charge >= 0.3 is 0 Å². The Morgan fingerprint density at radius 2 is 1.56 bits per heavy atom. The third-order valence-electron chi connectivity index (χ3n) is 2.65. The molecule has 0 bridgehead atoms. The van der Waals surface area contributed by atoms with Crippen LogP contribution >= 0.6 is 0 Å². The third-order valence-corrected chi connectivity index (χ3v) is 2.65. The Balaban J connectivity index is 2.45. The molecule has 0 aliphatic heterocycles. The molecule has 92 valence electrons. The van der Waals surface area contributed by atoms with E-state index in [1.54, 1.807) is 17.3 Å². The van der Waals surface area contributed by atoms with E-state index in [2.05, 4.69) is 4.98 Å². The molecule has 0 aliphatic rings. The molecule has 0 N–H and O–H groups in total. The minimum atomic E-state index is -0.0571. The smallest absolute Gasteiger partial charge is 0.234 e. The molecule has 1 amide bonds. The number of aromatic nitrogens is 1. The summed E-state index contributed by atoms with van der Waals surface area (Å²) in [7, 11) is 0. The van der Waals surface area contributed by atoms with Gasteiger partial charge in [0, 0.05) is 24.0 Å². The number of hydrogen-bond donors (Lipinski definition) is 0. The molecule has 1 heterocycles. The molecule has 2 aromatic rings. The number of nitrogens with zero attached hydrogens (tertiary/aromatic N) is 2. The van der Waals surface area contributed by atoms with Crippen LogP contribution in [0.3, 0.4) is 0 Å². The first-order chi connectivity index (χ1) is 8.70. The van der Waals surface area contributed by atoms with Gasteiger partial charge in [0.15, 0.2) is 0 Å². The fourth-order valence-corrected chi connectivity index (χ4v) is 1.73. The molecule has 0 atom stereocenters. The molecule has 1 aromatic heterocycles. The van der Waals surface area contributed by atoms with Gasteiger partial charge < -0.3 is 0 Å². The number of carbonyl (C=O) groups excluding carboxylic acids is 1. The van der Waals surface area contributed by atoms with Crippen molar-refractivity contribution in [2.75, 3.05) is 4.90 Å². The van der Waals surface area contributed by atoms with Gasteiger partial charge in [-0.25, -0.2) is 0 Å². The molecule has 0 saturated carbocycles. The summed E-state index contributed by atoms with van der Waals surface area (Å²) in [6.07, 6.45) is 3.39. The van der Waals surface area contributed by atoms with Crippen LogP contribution in [0, 0.1) is 5.92 Å². The van der Waals surface area contributed by atoms with Gasteiger partial charge in [0.2, 0.25) is 5.91 Å². The topological polar surface area (TPSA) is 33.2 Å². The van der Waals surface area contributed by atoms with Crippen LogP contribution < -0.4 is 4.90 Å². The van der Waals surface area contributed by atoms with Crippen LogP contribution in [0.2, 0.25) is 0 Å². The fraction of sp³-hybridized carbons (Fsp3) is 0.200. The monoisotopic (exact) mass is 240 g/mol. The summed E-state index contributed by atoms with van der Waals surface area (Å²) in [6, 6.07) is 13.3. The molecule has 0 radical (unpaired) electrons. The highest BCUT2D eigenvalue weighted by Crippen LogP contribution is 2.26. The Morgan fingerprint density at radius 3 is 2.11 bits per heavy atom. The summed E-state index contributed by atoms with van der Waals surface area (Å²) in [5.74, 6) is 0.0192. The Kier molecular flexibility index (Phi) is 3.72. The molecule has 0 fully saturated rings. The zero-order valence-electron chi connectivity index (χ0n) is 10.6. The highest BCUT2D eigenvalue weighted by atomic mass is 16.2. The van der Waals surface area contributed by atoms with E-state index in [0.717, 1.165) is 11.4 Å². The van der Waals surface area contributed by atoms with Crippen LogP contribution in [0.15, 0.2) is 54.9 Å². The summed E-state index contributed by atoms with van der Waals surface area (Å²) in [4.78, 5) is 18.1. The Hall–Kier alpha value is -2.16. The summed E-state index contributed by atoms with van der Waals surface area (Å²) < 4.78 is 0. The van der Waals surface area contributed by atoms with Crippen molar-refractivity contribution in [3.05, 3.63) is 54.9 Å². The second-order valence-electron chi connectivity index (χ2n) is 4.37. The van der Waals surface area contributed by atoms with Crippen LogP contribution in [0.1, 0.15) is 13.8 Å². The van der Waals surface area contributed by atoms with Gasteiger partial charge in [-0.1, -0.05) is 32.0 Å². The average Bonchev–Trinajstić information content (AvgIpc) is 2.41. The molecule has 18 heavy (non-hydrogen) atoms. The summed E-state index contributed by atoms with van der Waals surface area (Å²) in [5, 5.41) is 0. The maximum absolute atomic E-state index is 12.3. The van der Waals surface area contributed by atoms with E-state index in [1.165, 1.54) is 0 Å². The molecule has 2 rings (SSSR count). The molecular formula is C15H16N2O. The van der Waals surface area contributed by atoms with Gasteiger partial charge in [0.25, 0.3) is 0 Å². The van der Waals surface area contributed by atoms with Crippen LogP contribution in [0.4, 0.5) is 11.4 Å². The largest absolute Gasteiger partial charge is 0.281 e. The Labute approximate surface area is 107 Å². The number of benzene rings is 1. The number of rotatable bonds is 3. The Morgan fingerprint density at radius 1 is 1.00 bits per heavy atom. The van der Waals surface area contributed by atoms with E-state index < -0.39 is 0 Å². The van der Waals surface area contributed by atoms with Gasteiger partial charge in [0.1, 0.15) is 0 Å². The number of anilines is 2. The molecule has 3 heteroatoms. The van der Waals surface area contributed by atoms with Crippen molar-refractivity contribution < 1.29 is 4.79 Å². The number of hydrogen-bond acceptors (Lipinski definition) is 2. The molecule has 3 nitrogen and oxygen atoms in total. The number of carbonyl (C=O) groups is 1. The van der Waals surface area contributed by atoms with Gasteiger partial charge in [-0.05, 0) is 24.3 Å². The first-order valence-corrected chi connectivity index (χ1v) is 5.99. The van der Waals surface area contributed by atoms with Gasteiger partial charge in [0.05, 0.1) is 5.69 Å². The molecule has 0 spiro atoms. The second kappa shape index (κ2) is 5.45. The van der Waals surface area contributed by atoms with E-state index in [1.807, 2.05) is 56.3 Å². The van der Waals surface area contributed by atoms with Crippen LogP contribution in [-0.2, 0) is 4.79 Å². The number of para-hydroxylation sites is 1. The first kappa shape index (κ1) is 12.3. The lowest BCUT2D eigenvalue weighted by atomic mass is 10.1. The zero-order valence-corrected chi connectivity index (χ0v) is 10.6. The summed E-state index contributed by atoms with van der Waals surface area (Å²) >= 11 is 0. The van der Waals surface area contributed by atoms with Crippen molar-refractivity contribution >= 4 is 17.3 Å². The SMILES string of the molecule is CC(C)C(=O)N(c1ccccc1)c1ccncc1. The normalized spacial score (nSPS) is 10.4. The lowest BCUT2D eigenvalue weighted by Gasteiger charge is -2.24. The standard InChI is InChI=1S/C15H16N2O/c1-12(2)15(18)17(13-6-4-3-5-7-13)14-8-10-16-11-9-14/h3-12H,1-2H3. The van der Waals surface area contributed by atoms with Crippen LogP contribution in [0.5, 0.6) is 0 Å². The molecule has 1 aromatic carbocycles. The van der Waals surface area contributed by atoms with Gasteiger partial charge in [-0.2, -0.15) is 0 Å². The van der Waals surface area contributed by atoms with Crippen molar-refractivity contribution in [2.24, 2.45) is 5.92 Å². The zero-order chi connectivity index (χ0) is 13.0. The fourth-order valence-electron chi connectivity index (χ4n) is 1.73. The molecular weight excluding hydrogens is 224 g/mol. The first-order valence-electron chi connectivity index (χ1n) is 5.99. The lowest BCUT2D eigenvalue weighted by molar-refractivity contribution is -0.120. The van der Waals surface area contributed by atoms with Crippen molar-refractivity contribution in [1.82, 2.24) is 4.98 Å². The predicted octanol–water partition coefficient (Wildman–Crippen LogP) is 3.40. The van der Waals surface area contributed by atoms with E-state index >= 15 is 0 Å². The molecule has 0 unspecified atom stereocenters. The third kappa shape index (κ3) is 2.56.